The number of sulfonamides is 1. The molecule has 25 heavy (non-hydrogen) atoms. The molecule has 1 N–H and O–H groups in total. The Morgan fingerprint density at radius 3 is 2.36 bits per heavy atom. The number of halogens is 2. The maximum absolute atomic E-state index is 13.2. The molecule has 0 bridgehead atoms. The maximum atomic E-state index is 13.2. The number of benzene rings is 1. The van der Waals surface area contributed by atoms with Crippen LogP contribution in [0.1, 0.15) is 44.9 Å². The second kappa shape index (κ2) is 8.71. The summed E-state index contributed by atoms with van der Waals surface area (Å²) in [6, 6.07) is 3.01. The molecule has 0 atom stereocenters. The van der Waals surface area contributed by atoms with Crippen LogP contribution in [-0.4, -0.2) is 37.5 Å². The molecule has 1 aromatic rings. The van der Waals surface area contributed by atoms with Crippen molar-refractivity contribution < 1.29 is 22.0 Å². The highest BCUT2D eigenvalue weighted by molar-refractivity contribution is 7.88. The summed E-state index contributed by atoms with van der Waals surface area (Å²) < 4.78 is 51.7. The number of carbonyl (C=O) groups excluding carboxylic acids is 1. The number of nitrogens with one attached hydrogen (secondary N) is 1. The largest absolute Gasteiger partial charge is 0.326 e. The van der Waals surface area contributed by atoms with Gasteiger partial charge in [-0.3, -0.25) is 4.79 Å². The fraction of sp³-hybridized carbons (Fsp3) is 0.588. The molecular weight excluding hydrogens is 350 g/mol. The number of amides is 1. The Bertz CT molecular complexity index is 702. The van der Waals surface area contributed by atoms with Crippen LogP contribution < -0.4 is 5.32 Å². The van der Waals surface area contributed by atoms with E-state index in [0.717, 1.165) is 56.9 Å². The lowest BCUT2D eigenvalue weighted by Gasteiger charge is -2.28. The van der Waals surface area contributed by atoms with Crippen molar-refractivity contribution in [2.24, 2.45) is 0 Å². The first-order chi connectivity index (χ1) is 11.8. The molecule has 0 unspecified atom stereocenters. The molecule has 0 saturated heterocycles. The Labute approximate surface area is 147 Å². The molecule has 2 rings (SSSR count). The van der Waals surface area contributed by atoms with Gasteiger partial charge in [-0.05, 0) is 25.0 Å². The van der Waals surface area contributed by atoms with Gasteiger partial charge in [0, 0.05) is 30.8 Å². The second-order valence-electron chi connectivity index (χ2n) is 6.45. The third-order valence-electron chi connectivity index (χ3n) is 4.42. The topological polar surface area (TPSA) is 66.5 Å². The van der Waals surface area contributed by atoms with Gasteiger partial charge in [0.1, 0.15) is 0 Å². The van der Waals surface area contributed by atoms with Crippen LogP contribution in [0.4, 0.5) is 14.5 Å². The van der Waals surface area contributed by atoms with Gasteiger partial charge in [0.15, 0.2) is 11.6 Å². The van der Waals surface area contributed by atoms with E-state index in [0.29, 0.717) is 0 Å². The van der Waals surface area contributed by atoms with Gasteiger partial charge in [-0.25, -0.2) is 17.2 Å². The van der Waals surface area contributed by atoms with Gasteiger partial charge in [-0.15, -0.1) is 0 Å². The fourth-order valence-corrected chi connectivity index (χ4v) is 4.35. The predicted octanol–water partition coefficient (Wildman–Crippen LogP) is 3.28. The molecule has 0 radical (unpaired) electrons. The summed E-state index contributed by atoms with van der Waals surface area (Å²) in [5.41, 5.74) is 0.143. The SMILES string of the molecule is CS(=O)(=O)N(CCC(=O)Nc1ccc(F)c(F)c1)C1CCCCCC1. The molecule has 1 aliphatic rings. The summed E-state index contributed by atoms with van der Waals surface area (Å²) in [6.45, 7) is 0.0824. The Kier molecular flexibility index (Phi) is 6.89. The lowest BCUT2D eigenvalue weighted by atomic mass is 10.1. The first-order valence-electron chi connectivity index (χ1n) is 8.49. The van der Waals surface area contributed by atoms with Crippen molar-refractivity contribution >= 4 is 21.6 Å². The highest BCUT2D eigenvalue weighted by atomic mass is 32.2. The van der Waals surface area contributed by atoms with E-state index in [1.165, 1.54) is 10.4 Å². The van der Waals surface area contributed by atoms with Crippen molar-refractivity contribution in [3.63, 3.8) is 0 Å². The Hall–Kier alpha value is -1.54. The lowest BCUT2D eigenvalue weighted by molar-refractivity contribution is -0.116. The van der Waals surface area contributed by atoms with Gasteiger partial charge < -0.3 is 5.32 Å². The van der Waals surface area contributed by atoms with E-state index in [-0.39, 0.29) is 24.7 Å². The van der Waals surface area contributed by atoms with Crippen LogP contribution in [0.15, 0.2) is 18.2 Å². The van der Waals surface area contributed by atoms with Gasteiger partial charge in [-0.2, -0.15) is 4.31 Å². The van der Waals surface area contributed by atoms with E-state index < -0.39 is 27.6 Å². The third kappa shape index (κ3) is 6.04. The van der Waals surface area contributed by atoms with Crippen LogP contribution in [0.25, 0.3) is 0 Å². The van der Waals surface area contributed by atoms with Crippen LogP contribution in [0.3, 0.4) is 0 Å². The molecule has 0 aliphatic heterocycles. The summed E-state index contributed by atoms with van der Waals surface area (Å²) in [5.74, 6) is -2.48. The lowest BCUT2D eigenvalue weighted by Crippen LogP contribution is -2.41. The minimum atomic E-state index is -3.42. The van der Waals surface area contributed by atoms with E-state index in [2.05, 4.69) is 5.32 Å². The zero-order valence-electron chi connectivity index (χ0n) is 14.3. The smallest absolute Gasteiger partial charge is 0.225 e. The van der Waals surface area contributed by atoms with Crippen molar-refractivity contribution in [2.75, 3.05) is 18.1 Å². The first-order valence-corrected chi connectivity index (χ1v) is 10.3. The molecule has 5 nitrogen and oxygen atoms in total. The first kappa shape index (κ1) is 19.8. The van der Waals surface area contributed by atoms with Crippen LogP contribution in [0.2, 0.25) is 0 Å². The van der Waals surface area contributed by atoms with Gasteiger partial charge >= 0.3 is 0 Å². The quantitative estimate of drug-likeness (QED) is 0.777. The average Bonchev–Trinajstić information content (AvgIpc) is 2.79. The molecule has 1 fully saturated rings. The zero-order valence-corrected chi connectivity index (χ0v) is 15.1. The third-order valence-corrected chi connectivity index (χ3v) is 5.75. The van der Waals surface area contributed by atoms with E-state index in [1.807, 2.05) is 0 Å². The minimum absolute atomic E-state index is 0.0391. The molecule has 140 valence electrons. The van der Waals surface area contributed by atoms with Crippen molar-refractivity contribution in [1.29, 1.82) is 0 Å². The van der Waals surface area contributed by atoms with Crippen LogP contribution in [-0.2, 0) is 14.8 Å². The Morgan fingerprint density at radius 2 is 1.80 bits per heavy atom. The number of rotatable bonds is 6. The predicted molar refractivity (Wildman–Crippen MR) is 92.6 cm³/mol. The fourth-order valence-electron chi connectivity index (χ4n) is 3.17. The number of hydrogen-bond donors (Lipinski definition) is 1. The molecule has 1 aromatic carbocycles. The summed E-state index contributed by atoms with van der Waals surface area (Å²) >= 11 is 0. The highest BCUT2D eigenvalue weighted by Crippen LogP contribution is 2.24. The van der Waals surface area contributed by atoms with Crippen molar-refractivity contribution in [3.05, 3.63) is 29.8 Å². The van der Waals surface area contributed by atoms with E-state index in [4.69, 9.17) is 0 Å². The summed E-state index contributed by atoms with van der Waals surface area (Å²) in [4.78, 5) is 12.0. The summed E-state index contributed by atoms with van der Waals surface area (Å²) in [6.07, 6.45) is 6.90. The molecule has 0 aromatic heterocycles. The van der Waals surface area contributed by atoms with E-state index in [9.17, 15) is 22.0 Å². The molecule has 1 amide bonds. The number of carbonyl (C=O) groups is 1. The highest BCUT2D eigenvalue weighted by Gasteiger charge is 2.27. The summed E-state index contributed by atoms with van der Waals surface area (Å²) in [5, 5.41) is 2.46. The average molecular weight is 374 g/mol. The van der Waals surface area contributed by atoms with E-state index >= 15 is 0 Å². The molecule has 1 saturated carbocycles. The van der Waals surface area contributed by atoms with E-state index in [1.54, 1.807) is 0 Å². The number of nitrogens with zero attached hydrogens (tertiary/aromatic N) is 1. The van der Waals surface area contributed by atoms with Gasteiger partial charge in [0.2, 0.25) is 15.9 Å². The molecule has 0 heterocycles. The molecule has 8 heteroatoms. The van der Waals surface area contributed by atoms with Gasteiger partial charge in [-0.1, -0.05) is 25.7 Å². The van der Waals surface area contributed by atoms with Crippen molar-refractivity contribution in [3.8, 4) is 0 Å². The molecular formula is C17H24F2N2O3S. The van der Waals surface area contributed by atoms with Crippen molar-refractivity contribution in [1.82, 2.24) is 4.31 Å². The Balaban J connectivity index is 1.97. The normalized spacial score (nSPS) is 16.6. The monoisotopic (exact) mass is 374 g/mol. The second-order valence-corrected chi connectivity index (χ2v) is 8.38. The zero-order chi connectivity index (χ0) is 18.4. The Morgan fingerprint density at radius 1 is 1.16 bits per heavy atom. The molecule has 0 spiro atoms. The van der Waals surface area contributed by atoms with Crippen LogP contribution in [0.5, 0.6) is 0 Å². The van der Waals surface area contributed by atoms with Gasteiger partial charge in [0.05, 0.1) is 6.26 Å². The number of anilines is 1. The standard InChI is InChI=1S/C17H24F2N2O3S/c1-25(23,24)21(14-6-4-2-3-5-7-14)11-10-17(22)20-13-8-9-15(18)16(19)12-13/h8-9,12,14H,2-7,10-11H2,1H3,(H,20,22). The van der Waals surface area contributed by atoms with Crippen LogP contribution >= 0.6 is 0 Å². The van der Waals surface area contributed by atoms with Crippen LogP contribution in [0, 0.1) is 11.6 Å². The van der Waals surface area contributed by atoms with Crippen molar-refractivity contribution in [2.45, 2.75) is 51.0 Å². The maximum Gasteiger partial charge on any atom is 0.225 e. The van der Waals surface area contributed by atoms with Gasteiger partial charge in [0.25, 0.3) is 0 Å². The summed E-state index contributed by atoms with van der Waals surface area (Å²) in [7, 11) is -3.42. The minimum Gasteiger partial charge on any atom is -0.326 e. The number of hydrogen-bond acceptors (Lipinski definition) is 3. The molecule has 1 aliphatic carbocycles.